The molecule has 0 spiro atoms. The molecule has 3 aromatic rings. The molecular weight excluding hydrogens is 412 g/mol. The molecular formula is C21H17ClN2O4S. The van der Waals surface area contributed by atoms with Crippen molar-refractivity contribution in [3.8, 4) is 11.3 Å². The lowest BCUT2D eigenvalue weighted by molar-refractivity contribution is -0.118. The van der Waals surface area contributed by atoms with E-state index in [-0.39, 0.29) is 17.2 Å². The average molecular weight is 429 g/mol. The van der Waals surface area contributed by atoms with Gasteiger partial charge in [0.1, 0.15) is 11.5 Å². The number of carbonyl (C=O) groups is 2. The normalized spacial score (nSPS) is 11.0. The molecule has 29 heavy (non-hydrogen) atoms. The molecule has 0 atom stereocenters. The molecule has 2 N–H and O–H groups in total. The van der Waals surface area contributed by atoms with Crippen LogP contribution in [0, 0.1) is 6.92 Å². The maximum absolute atomic E-state index is 11.9. The lowest BCUT2D eigenvalue weighted by atomic mass is 10.0. The van der Waals surface area contributed by atoms with Crippen molar-refractivity contribution in [2.75, 3.05) is 5.75 Å². The zero-order chi connectivity index (χ0) is 20.8. The highest BCUT2D eigenvalue weighted by atomic mass is 35.5. The highest BCUT2D eigenvalue weighted by molar-refractivity contribution is 8.00. The van der Waals surface area contributed by atoms with Crippen molar-refractivity contribution < 1.29 is 19.1 Å². The fourth-order valence-electron chi connectivity index (χ4n) is 2.52. The van der Waals surface area contributed by atoms with Crippen LogP contribution in [0.15, 0.2) is 69.0 Å². The summed E-state index contributed by atoms with van der Waals surface area (Å²) in [5, 5.41) is 13.6. The number of carbonyl (C=O) groups excluding carboxylic acids is 1. The summed E-state index contributed by atoms with van der Waals surface area (Å²) in [4.78, 5) is 23.9. The van der Waals surface area contributed by atoms with Crippen LogP contribution in [0.1, 0.15) is 21.7 Å². The van der Waals surface area contributed by atoms with Gasteiger partial charge in [-0.3, -0.25) is 4.79 Å². The summed E-state index contributed by atoms with van der Waals surface area (Å²) in [6.45, 7) is 1.82. The van der Waals surface area contributed by atoms with Gasteiger partial charge in [-0.05, 0) is 61.0 Å². The molecule has 3 rings (SSSR count). The van der Waals surface area contributed by atoms with E-state index in [9.17, 15) is 9.59 Å². The quantitative estimate of drug-likeness (QED) is 0.319. The number of carboxylic acids is 1. The van der Waals surface area contributed by atoms with E-state index in [1.807, 2.05) is 19.1 Å². The van der Waals surface area contributed by atoms with Crippen molar-refractivity contribution in [2.24, 2.45) is 5.10 Å². The molecule has 0 unspecified atom stereocenters. The SMILES string of the molecule is Cc1cc(C(=O)O)ccc1-c1ccc(/C=N\NC(=O)CSc2ccc(Cl)cc2)o1. The van der Waals surface area contributed by atoms with Crippen molar-refractivity contribution in [2.45, 2.75) is 11.8 Å². The number of aromatic carboxylic acids is 1. The van der Waals surface area contributed by atoms with E-state index in [4.69, 9.17) is 21.1 Å². The van der Waals surface area contributed by atoms with Crippen molar-refractivity contribution in [3.63, 3.8) is 0 Å². The minimum atomic E-state index is -0.975. The predicted molar refractivity (Wildman–Crippen MR) is 114 cm³/mol. The standard InChI is InChI=1S/C21H17ClN2O4S/c1-13-10-14(21(26)27)2-8-18(13)19-9-5-16(28-19)11-23-24-20(25)12-29-17-6-3-15(22)4-7-17/h2-11H,12H2,1H3,(H,24,25)(H,26,27)/b23-11-. The molecule has 6 nitrogen and oxygen atoms in total. The number of nitrogens with zero attached hydrogens (tertiary/aromatic N) is 1. The molecule has 2 aromatic carbocycles. The summed E-state index contributed by atoms with van der Waals surface area (Å²) < 4.78 is 5.71. The van der Waals surface area contributed by atoms with Gasteiger partial charge < -0.3 is 9.52 Å². The van der Waals surface area contributed by atoms with Gasteiger partial charge in [0.25, 0.3) is 0 Å². The van der Waals surface area contributed by atoms with Crippen LogP contribution in [0.25, 0.3) is 11.3 Å². The molecule has 148 valence electrons. The molecule has 0 aliphatic carbocycles. The van der Waals surface area contributed by atoms with E-state index in [1.165, 1.54) is 24.0 Å². The number of nitrogens with one attached hydrogen (secondary N) is 1. The zero-order valence-electron chi connectivity index (χ0n) is 15.4. The van der Waals surface area contributed by atoms with Gasteiger partial charge in [0.15, 0.2) is 0 Å². The monoisotopic (exact) mass is 428 g/mol. The third kappa shape index (κ3) is 5.73. The highest BCUT2D eigenvalue weighted by Crippen LogP contribution is 2.26. The molecule has 1 heterocycles. The Kier molecular flexibility index (Phi) is 6.74. The first kappa shape index (κ1) is 20.7. The van der Waals surface area contributed by atoms with Crippen LogP contribution in [0.2, 0.25) is 5.02 Å². The van der Waals surface area contributed by atoms with Crippen LogP contribution in [-0.2, 0) is 4.79 Å². The number of halogens is 1. The predicted octanol–water partition coefficient (Wildman–Crippen LogP) is 4.85. The Morgan fingerprint density at radius 2 is 1.93 bits per heavy atom. The number of hydrazone groups is 1. The Labute approximate surface area is 176 Å². The molecule has 1 amide bonds. The van der Waals surface area contributed by atoms with Gasteiger partial charge in [0, 0.05) is 15.5 Å². The van der Waals surface area contributed by atoms with E-state index in [1.54, 1.807) is 36.4 Å². The smallest absolute Gasteiger partial charge is 0.335 e. The van der Waals surface area contributed by atoms with Crippen molar-refractivity contribution >= 4 is 41.5 Å². The molecule has 0 radical (unpaired) electrons. The Balaban J connectivity index is 1.55. The lowest BCUT2D eigenvalue weighted by Crippen LogP contribution is -2.19. The fraction of sp³-hybridized carbons (Fsp3) is 0.0952. The number of aryl methyl sites for hydroxylation is 1. The summed E-state index contributed by atoms with van der Waals surface area (Å²) in [5.41, 5.74) is 4.25. The van der Waals surface area contributed by atoms with Crippen LogP contribution >= 0.6 is 23.4 Å². The van der Waals surface area contributed by atoms with Crippen LogP contribution in [-0.4, -0.2) is 29.0 Å². The Morgan fingerprint density at radius 3 is 2.62 bits per heavy atom. The van der Waals surface area contributed by atoms with E-state index < -0.39 is 5.97 Å². The second kappa shape index (κ2) is 9.45. The maximum Gasteiger partial charge on any atom is 0.335 e. The van der Waals surface area contributed by atoms with Crippen molar-refractivity contribution in [3.05, 3.63) is 76.5 Å². The molecule has 0 bridgehead atoms. The van der Waals surface area contributed by atoms with Crippen LogP contribution < -0.4 is 5.43 Å². The third-order valence-corrected chi connectivity index (χ3v) is 5.19. The second-order valence-corrected chi connectivity index (χ2v) is 7.56. The first-order valence-corrected chi connectivity index (χ1v) is 9.93. The number of hydrogen-bond donors (Lipinski definition) is 2. The van der Waals surface area contributed by atoms with Crippen LogP contribution in [0.4, 0.5) is 0 Å². The minimum absolute atomic E-state index is 0.220. The largest absolute Gasteiger partial charge is 0.478 e. The molecule has 0 saturated heterocycles. The lowest BCUT2D eigenvalue weighted by Gasteiger charge is -2.03. The van der Waals surface area contributed by atoms with Gasteiger partial charge in [-0.15, -0.1) is 11.8 Å². The molecule has 0 aliphatic heterocycles. The number of benzene rings is 2. The summed E-state index contributed by atoms with van der Waals surface area (Å²) >= 11 is 7.21. The Hall–Kier alpha value is -3.03. The van der Waals surface area contributed by atoms with E-state index in [0.717, 1.165) is 16.0 Å². The van der Waals surface area contributed by atoms with E-state index in [0.29, 0.717) is 16.5 Å². The van der Waals surface area contributed by atoms with Crippen LogP contribution in [0.5, 0.6) is 0 Å². The number of hydrogen-bond acceptors (Lipinski definition) is 5. The summed E-state index contributed by atoms with van der Waals surface area (Å²) in [6.07, 6.45) is 1.41. The molecule has 1 aromatic heterocycles. The number of amides is 1. The third-order valence-electron chi connectivity index (χ3n) is 3.93. The summed E-state index contributed by atoms with van der Waals surface area (Å²) in [5.74, 6) is 0.0557. The molecule has 0 aliphatic rings. The van der Waals surface area contributed by atoms with Gasteiger partial charge >= 0.3 is 5.97 Å². The first-order valence-electron chi connectivity index (χ1n) is 8.57. The number of rotatable bonds is 7. The zero-order valence-corrected chi connectivity index (χ0v) is 17.0. The van der Waals surface area contributed by atoms with Crippen molar-refractivity contribution in [1.29, 1.82) is 0 Å². The van der Waals surface area contributed by atoms with E-state index >= 15 is 0 Å². The molecule has 0 fully saturated rings. The van der Waals surface area contributed by atoms with Gasteiger partial charge in [0.05, 0.1) is 17.5 Å². The topological polar surface area (TPSA) is 91.9 Å². The molecule has 8 heteroatoms. The number of furan rings is 1. The number of carboxylic acid groups (broad SMARTS) is 1. The van der Waals surface area contributed by atoms with Crippen LogP contribution in [0.3, 0.4) is 0 Å². The van der Waals surface area contributed by atoms with Gasteiger partial charge in [-0.2, -0.15) is 5.10 Å². The summed E-state index contributed by atoms with van der Waals surface area (Å²) in [6, 6.07) is 15.5. The van der Waals surface area contributed by atoms with Gasteiger partial charge in [-0.25, -0.2) is 10.2 Å². The maximum atomic E-state index is 11.9. The van der Waals surface area contributed by atoms with E-state index in [2.05, 4.69) is 10.5 Å². The Morgan fingerprint density at radius 1 is 1.17 bits per heavy atom. The average Bonchev–Trinajstić information content (AvgIpc) is 3.16. The first-order chi connectivity index (χ1) is 13.9. The summed E-state index contributed by atoms with van der Waals surface area (Å²) in [7, 11) is 0. The molecule has 0 saturated carbocycles. The highest BCUT2D eigenvalue weighted by Gasteiger charge is 2.10. The number of thioether (sulfide) groups is 1. The second-order valence-electron chi connectivity index (χ2n) is 6.07. The Bertz CT molecular complexity index is 1060. The van der Waals surface area contributed by atoms with Crippen molar-refractivity contribution in [1.82, 2.24) is 5.43 Å². The van der Waals surface area contributed by atoms with Gasteiger partial charge in [-0.1, -0.05) is 17.7 Å². The minimum Gasteiger partial charge on any atom is -0.478 e. The fourth-order valence-corrected chi connectivity index (χ4v) is 3.34. The van der Waals surface area contributed by atoms with Gasteiger partial charge in [0.2, 0.25) is 5.91 Å².